The van der Waals surface area contributed by atoms with Gasteiger partial charge in [0.2, 0.25) is 10.0 Å². The third kappa shape index (κ3) is 3.42. The fourth-order valence-corrected chi connectivity index (χ4v) is 3.97. The zero-order valence-corrected chi connectivity index (χ0v) is 14.2. The van der Waals surface area contributed by atoms with Gasteiger partial charge < -0.3 is 9.47 Å². The number of para-hydroxylation sites is 1. The van der Waals surface area contributed by atoms with Gasteiger partial charge in [-0.15, -0.1) is 0 Å². The highest BCUT2D eigenvalue weighted by molar-refractivity contribution is 7.89. The first-order chi connectivity index (χ1) is 11.9. The summed E-state index contributed by atoms with van der Waals surface area (Å²) >= 11 is 0. The Morgan fingerprint density at radius 3 is 2.76 bits per heavy atom. The second-order valence-corrected chi connectivity index (χ2v) is 7.15. The van der Waals surface area contributed by atoms with Crippen molar-refractivity contribution in [2.24, 2.45) is 0 Å². The van der Waals surface area contributed by atoms with Crippen molar-refractivity contribution >= 4 is 15.7 Å². The summed E-state index contributed by atoms with van der Waals surface area (Å²) in [7, 11) is -2.66. The molecule has 0 aromatic heterocycles. The molecule has 1 heterocycles. The number of rotatable bonds is 5. The highest BCUT2D eigenvalue weighted by Gasteiger charge is 2.28. The molecule has 0 radical (unpaired) electrons. The average Bonchev–Trinajstić information content (AvgIpc) is 2.61. The quantitative estimate of drug-likeness (QED) is 0.645. The standard InChI is InChI=1S/C16H16N2O6S/c1-23-16-7-6-11(10-14(16)18(19)20)25(21,22)17-13-8-9-24-15-5-3-2-4-12(13)15/h2-7,10,13,17H,8-9H2,1H3. The van der Waals surface area contributed by atoms with Gasteiger partial charge in [0.05, 0.1) is 29.6 Å². The van der Waals surface area contributed by atoms with Gasteiger partial charge in [-0.2, -0.15) is 0 Å². The second-order valence-electron chi connectivity index (χ2n) is 5.44. The van der Waals surface area contributed by atoms with E-state index in [0.717, 1.165) is 11.6 Å². The Balaban J connectivity index is 1.93. The van der Waals surface area contributed by atoms with E-state index < -0.39 is 26.7 Å². The van der Waals surface area contributed by atoms with Crippen LogP contribution in [0.5, 0.6) is 11.5 Å². The van der Waals surface area contributed by atoms with Crippen molar-refractivity contribution in [2.45, 2.75) is 17.4 Å². The summed E-state index contributed by atoms with van der Waals surface area (Å²) < 4.78 is 38.4. The lowest BCUT2D eigenvalue weighted by molar-refractivity contribution is -0.386. The monoisotopic (exact) mass is 364 g/mol. The van der Waals surface area contributed by atoms with Crippen LogP contribution in [0.4, 0.5) is 5.69 Å². The Labute approximate surface area is 144 Å². The van der Waals surface area contributed by atoms with E-state index in [-0.39, 0.29) is 10.6 Å². The first kappa shape index (κ1) is 17.2. The third-order valence-electron chi connectivity index (χ3n) is 3.91. The summed E-state index contributed by atoms with van der Waals surface area (Å²) in [6.45, 7) is 0.382. The molecule has 0 aliphatic carbocycles. The Morgan fingerprint density at radius 2 is 2.04 bits per heavy atom. The molecule has 1 aliphatic rings. The van der Waals surface area contributed by atoms with Gasteiger partial charge in [0, 0.05) is 18.1 Å². The number of hydrogen-bond donors (Lipinski definition) is 1. The number of nitrogens with one attached hydrogen (secondary N) is 1. The fraction of sp³-hybridized carbons (Fsp3) is 0.250. The van der Waals surface area contributed by atoms with E-state index in [9.17, 15) is 18.5 Å². The number of nitrogens with zero attached hydrogens (tertiary/aromatic N) is 1. The van der Waals surface area contributed by atoms with Crippen LogP contribution in [0, 0.1) is 10.1 Å². The molecule has 0 bridgehead atoms. The predicted octanol–water partition coefficient (Wildman–Crippen LogP) is 2.41. The molecule has 0 fully saturated rings. The van der Waals surface area contributed by atoms with Crippen LogP contribution in [-0.2, 0) is 10.0 Å². The van der Waals surface area contributed by atoms with E-state index in [0.29, 0.717) is 18.8 Å². The molecule has 132 valence electrons. The number of sulfonamides is 1. The largest absolute Gasteiger partial charge is 0.493 e. The van der Waals surface area contributed by atoms with Crippen molar-refractivity contribution in [1.29, 1.82) is 0 Å². The van der Waals surface area contributed by atoms with Crippen LogP contribution in [0.1, 0.15) is 18.0 Å². The van der Waals surface area contributed by atoms with Crippen LogP contribution < -0.4 is 14.2 Å². The van der Waals surface area contributed by atoms with E-state index in [1.54, 1.807) is 18.2 Å². The Bertz CT molecular complexity index is 913. The van der Waals surface area contributed by atoms with Gasteiger partial charge in [-0.05, 0) is 18.2 Å². The number of fused-ring (bicyclic) bond motifs is 1. The highest BCUT2D eigenvalue weighted by atomic mass is 32.2. The van der Waals surface area contributed by atoms with Gasteiger partial charge in [-0.3, -0.25) is 10.1 Å². The molecule has 0 saturated heterocycles. The van der Waals surface area contributed by atoms with E-state index in [1.165, 1.54) is 19.2 Å². The van der Waals surface area contributed by atoms with Crippen molar-refractivity contribution in [3.8, 4) is 11.5 Å². The summed E-state index contributed by atoms with van der Waals surface area (Å²) in [5, 5.41) is 11.1. The van der Waals surface area contributed by atoms with E-state index in [1.807, 2.05) is 6.07 Å². The van der Waals surface area contributed by atoms with E-state index in [4.69, 9.17) is 9.47 Å². The minimum atomic E-state index is -3.95. The summed E-state index contributed by atoms with van der Waals surface area (Å²) in [5.41, 5.74) is 0.332. The molecule has 2 aromatic carbocycles. The second kappa shape index (κ2) is 6.69. The van der Waals surface area contributed by atoms with Gasteiger partial charge in [0.1, 0.15) is 5.75 Å². The molecular weight excluding hydrogens is 348 g/mol. The summed E-state index contributed by atoms with van der Waals surface area (Å²) in [6, 6.07) is 10.2. The fourth-order valence-electron chi connectivity index (χ4n) is 2.70. The van der Waals surface area contributed by atoms with Gasteiger partial charge in [-0.1, -0.05) is 18.2 Å². The van der Waals surface area contributed by atoms with Crippen molar-refractivity contribution in [1.82, 2.24) is 4.72 Å². The Morgan fingerprint density at radius 1 is 1.28 bits per heavy atom. The van der Waals surface area contributed by atoms with Crippen molar-refractivity contribution in [2.75, 3.05) is 13.7 Å². The first-order valence-electron chi connectivity index (χ1n) is 7.49. The molecule has 9 heteroatoms. The first-order valence-corrected chi connectivity index (χ1v) is 8.97. The number of ether oxygens (including phenoxy) is 2. The number of hydrogen-bond acceptors (Lipinski definition) is 6. The molecule has 1 unspecified atom stereocenters. The summed E-state index contributed by atoms with van der Waals surface area (Å²) in [6.07, 6.45) is 0.467. The smallest absolute Gasteiger partial charge is 0.312 e. The van der Waals surface area contributed by atoms with Crippen LogP contribution in [0.15, 0.2) is 47.4 Å². The zero-order chi connectivity index (χ0) is 18.0. The molecule has 3 rings (SSSR count). The van der Waals surface area contributed by atoms with Gasteiger partial charge in [0.15, 0.2) is 5.75 Å². The number of nitro benzene ring substituents is 1. The molecular formula is C16H16N2O6S. The lowest BCUT2D eigenvalue weighted by Gasteiger charge is -2.26. The average molecular weight is 364 g/mol. The van der Waals surface area contributed by atoms with Crippen LogP contribution in [-0.4, -0.2) is 27.1 Å². The lowest BCUT2D eigenvalue weighted by atomic mass is 10.0. The Kier molecular flexibility index (Phi) is 4.60. The molecule has 2 aromatic rings. The van der Waals surface area contributed by atoms with E-state index >= 15 is 0 Å². The van der Waals surface area contributed by atoms with Gasteiger partial charge in [-0.25, -0.2) is 13.1 Å². The van der Waals surface area contributed by atoms with Gasteiger partial charge in [0.25, 0.3) is 0 Å². The molecule has 0 saturated carbocycles. The normalized spacial score (nSPS) is 16.6. The summed E-state index contributed by atoms with van der Waals surface area (Å²) in [4.78, 5) is 10.2. The molecule has 25 heavy (non-hydrogen) atoms. The maximum Gasteiger partial charge on any atom is 0.312 e. The summed E-state index contributed by atoms with van der Waals surface area (Å²) in [5.74, 6) is 0.627. The molecule has 8 nitrogen and oxygen atoms in total. The Hall–Kier alpha value is -2.65. The number of methoxy groups -OCH3 is 1. The topological polar surface area (TPSA) is 108 Å². The third-order valence-corrected chi connectivity index (χ3v) is 5.38. The minimum Gasteiger partial charge on any atom is -0.493 e. The molecule has 0 amide bonds. The molecule has 1 N–H and O–H groups in total. The predicted molar refractivity (Wildman–Crippen MR) is 89.3 cm³/mol. The number of benzene rings is 2. The van der Waals surface area contributed by atoms with Crippen LogP contribution in [0.25, 0.3) is 0 Å². The van der Waals surface area contributed by atoms with Gasteiger partial charge >= 0.3 is 5.69 Å². The van der Waals surface area contributed by atoms with Crippen molar-refractivity contribution < 1.29 is 22.8 Å². The van der Waals surface area contributed by atoms with Crippen LogP contribution >= 0.6 is 0 Å². The molecule has 1 atom stereocenters. The highest BCUT2D eigenvalue weighted by Crippen LogP contribution is 2.34. The van der Waals surface area contributed by atoms with Crippen molar-refractivity contribution in [3.63, 3.8) is 0 Å². The molecule has 1 aliphatic heterocycles. The lowest BCUT2D eigenvalue weighted by Crippen LogP contribution is -2.32. The zero-order valence-electron chi connectivity index (χ0n) is 13.3. The maximum atomic E-state index is 12.7. The maximum absolute atomic E-state index is 12.7. The van der Waals surface area contributed by atoms with Crippen molar-refractivity contribution in [3.05, 3.63) is 58.1 Å². The van der Waals surface area contributed by atoms with E-state index in [2.05, 4.69) is 4.72 Å². The van der Waals surface area contributed by atoms with Crippen LogP contribution in [0.2, 0.25) is 0 Å². The minimum absolute atomic E-state index is 0.000335. The SMILES string of the molecule is COc1ccc(S(=O)(=O)NC2CCOc3ccccc32)cc1[N+](=O)[O-]. The van der Waals surface area contributed by atoms with Crippen LogP contribution in [0.3, 0.4) is 0 Å². The number of nitro groups is 1. The molecule has 0 spiro atoms.